The molecule has 0 aliphatic carbocycles. The highest BCUT2D eigenvalue weighted by Gasteiger charge is 2.37. The van der Waals surface area contributed by atoms with Crippen molar-refractivity contribution < 1.29 is 13.9 Å². The summed E-state index contributed by atoms with van der Waals surface area (Å²) in [6.45, 7) is 2.03. The molecule has 1 aromatic carbocycles. The van der Waals surface area contributed by atoms with E-state index in [9.17, 15) is 9.18 Å². The fourth-order valence-electron chi connectivity index (χ4n) is 3.75. The summed E-state index contributed by atoms with van der Waals surface area (Å²) in [5, 5.41) is 0.255. The SMILES string of the molecule is CCC1CC(c2ccccn2)=NC(CCl)=C(C(=O)OC)C1c1ccc(F)cc1Cl. The molecule has 152 valence electrons. The van der Waals surface area contributed by atoms with Gasteiger partial charge in [0.15, 0.2) is 0 Å². The van der Waals surface area contributed by atoms with Crippen LogP contribution in [0.1, 0.15) is 36.9 Å². The molecule has 3 rings (SSSR count). The highest BCUT2D eigenvalue weighted by atomic mass is 35.5. The molecule has 0 N–H and O–H groups in total. The van der Waals surface area contributed by atoms with Crippen LogP contribution < -0.4 is 0 Å². The van der Waals surface area contributed by atoms with Gasteiger partial charge in [0.25, 0.3) is 0 Å². The average molecular weight is 435 g/mol. The van der Waals surface area contributed by atoms with E-state index in [0.29, 0.717) is 23.3 Å². The number of rotatable bonds is 5. The average Bonchev–Trinajstić information content (AvgIpc) is 2.90. The first-order valence-electron chi connectivity index (χ1n) is 9.31. The van der Waals surface area contributed by atoms with Crippen molar-refractivity contribution in [3.05, 3.63) is 76.0 Å². The Labute approximate surface area is 179 Å². The van der Waals surface area contributed by atoms with Gasteiger partial charge in [-0.3, -0.25) is 9.98 Å². The molecule has 2 aromatic rings. The molecule has 1 aliphatic rings. The van der Waals surface area contributed by atoms with Crippen molar-refractivity contribution in [1.29, 1.82) is 0 Å². The lowest BCUT2D eigenvalue weighted by Crippen LogP contribution is -2.23. The first-order valence-corrected chi connectivity index (χ1v) is 10.2. The number of nitrogens with zero attached hydrogens (tertiary/aromatic N) is 2. The van der Waals surface area contributed by atoms with Crippen LogP contribution in [-0.2, 0) is 9.53 Å². The molecule has 0 radical (unpaired) electrons. The Kier molecular flexibility index (Phi) is 7.04. The number of ether oxygens (including phenoxy) is 1. The third kappa shape index (κ3) is 4.51. The highest BCUT2D eigenvalue weighted by Crippen LogP contribution is 2.43. The van der Waals surface area contributed by atoms with Gasteiger partial charge in [0.1, 0.15) is 5.82 Å². The van der Waals surface area contributed by atoms with Gasteiger partial charge in [-0.1, -0.05) is 37.1 Å². The number of allylic oxidation sites excluding steroid dienone is 1. The topological polar surface area (TPSA) is 51.5 Å². The number of esters is 1. The Morgan fingerprint density at radius 3 is 2.69 bits per heavy atom. The summed E-state index contributed by atoms with van der Waals surface area (Å²) in [5.74, 6) is -1.40. The lowest BCUT2D eigenvalue weighted by molar-refractivity contribution is -0.136. The number of pyridine rings is 1. The molecule has 2 atom stereocenters. The molecule has 29 heavy (non-hydrogen) atoms. The van der Waals surface area contributed by atoms with Crippen LogP contribution in [0.5, 0.6) is 0 Å². The fraction of sp³-hybridized carbons (Fsp3) is 0.318. The Hall–Kier alpha value is -2.24. The van der Waals surface area contributed by atoms with Gasteiger partial charge in [-0.15, -0.1) is 11.6 Å². The number of carbonyl (C=O) groups is 1. The van der Waals surface area contributed by atoms with E-state index in [4.69, 9.17) is 32.9 Å². The molecule has 1 aromatic heterocycles. The van der Waals surface area contributed by atoms with Crippen molar-refractivity contribution in [2.45, 2.75) is 25.7 Å². The quantitative estimate of drug-likeness (QED) is 0.458. The zero-order valence-electron chi connectivity index (χ0n) is 16.2. The summed E-state index contributed by atoms with van der Waals surface area (Å²) in [6, 6.07) is 9.80. The van der Waals surface area contributed by atoms with Crippen LogP contribution in [0.2, 0.25) is 5.02 Å². The summed E-state index contributed by atoms with van der Waals surface area (Å²) in [4.78, 5) is 21.9. The van der Waals surface area contributed by atoms with E-state index in [0.717, 1.165) is 17.8 Å². The number of methoxy groups -OCH3 is 1. The van der Waals surface area contributed by atoms with Gasteiger partial charge in [-0.05, 0) is 42.2 Å². The van der Waals surface area contributed by atoms with Crippen LogP contribution in [0.3, 0.4) is 0 Å². The van der Waals surface area contributed by atoms with Crippen LogP contribution in [0.25, 0.3) is 0 Å². The van der Waals surface area contributed by atoms with Crippen molar-refractivity contribution in [3.8, 4) is 0 Å². The van der Waals surface area contributed by atoms with E-state index in [-0.39, 0.29) is 16.8 Å². The molecule has 0 saturated heterocycles. The second-order valence-corrected chi connectivity index (χ2v) is 7.45. The van der Waals surface area contributed by atoms with Gasteiger partial charge in [-0.25, -0.2) is 9.18 Å². The van der Waals surface area contributed by atoms with Crippen molar-refractivity contribution in [1.82, 2.24) is 4.98 Å². The Morgan fingerprint density at radius 1 is 1.31 bits per heavy atom. The first-order chi connectivity index (χ1) is 14.0. The van der Waals surface area contributed by atoms with Crippen LogP contribution in [0.15, 0.2) is 58.9 Å². The smallest absolute Gasteiger partial charge is 0.336 e. The number of hydrogen-bond donors (Lipinski definition) is 0. The van der Waals surface area contributed by atoms with Crippen LogP contribution in [0.4, 0.5) is 4.39 Å². The maximum Gasteiger partial charge on any atom is 0.336 e. The minimum absolute atomic E-state index is 0.0204. The molecule has 2 unspecified atom stereocenters. The maximum atomic E-state index is 13.7. The van der Waals surface area contributed by atoms with E-state index >= 15 is 0 Å². The minimum Gasteiger partial charge on any atom is -0.466 e. The van der Waals surface area contributed by atoms with Gasteiger partial charge in [-0.2, -0.15) is 0 Å². The van der Waals surface area contributed by atoms with E-state index in [1.807, 2.05) is 25.1 Å². The van der Waals surface area contributed by atoms with Crippen LogP contribution >= 0.6 is 23.2 Å². The third-order valence-electron chi connectivity index (χ3n) is 5.13. The molecular weight excluding hydrogens is 414 g/mol. The molecule has 0 fully saturated rings. The zero-order chi connectivity index (χ0) is 21.0. The Bertz CT molecular complexity index is 961. The van der Waals surface area contributed by atoms with E-state index < -0.39 is 17.7 Å². The van der Waals surface area contributed by atoms with Gasteiger partial charge < -0.3 is 4.74 Å². The molecule has 0 bridgehead atoms. The first kappa shape index (κ1) is 21.5. The lowest BCUT2D eigenvalue weighted by atomic mass is 9.76. The van der Waals surface area contributed by atoms with Crippen LogP contribution in [0, 0.1) is 11.7 Å². The second-order valence-electron chi connectivity index (χ2n) is 6.78. The molecule has 0 spiro atoms. The number of carbonyl (C=O) groups excluding carboxylic acids is 1. The molecule has 0 amide bonds. The van der Waals surface area contributed by atoms with Crippen molar-refractivity contribution in [2.24, 2.45) is 10.9 Å². The minimum atomic E-state index is -0.518. The van der Waals surface area contributed by atoms with E-state index in [1.165, 1.54) is 19.2 Å². The number of aromatic nitrogens is 1. The highest BCUT2D eigenvalue weighted by molar-refractivity contribution is 6.31. The standard InChI is InChI=1S/C22H21Cl2FN2O2/c1-3-13-10-18(17-6-4-5-9-26-17)27-19(12-23)21(22(28)29-2)20(13)15-8-7-14(25)11-16(15)24/h4-9,11,13,20H,3,10,12H2,1-2H3. The van der Waals surface area contributed by atoms with E-state index in [1.54, 1.807) is 12.3 Å². The molecule has 0 saturated carbocycles. The van der Waals surface area contributed by atoms with Crippen LogP contribution in [-0.4, -0.2) is 29.7 Å². The van der Waals surface area contributed by atoms with Crippen molar-refractivity contribution >= 4 is 34.9 Å². The lowest BCUT2D eigenvalue weighted by Gasteiger charge is -2.28. The van der Waals surface area contributed by atoms with Crippen molar-refractivity contribution in [3.63, 3.8) is 0 Å². The number of halogens is 3. The summed E-state index contributed by atoms with van der Waals surface area (Å²) in [5.41, 5.74) is 2.90. The molecule has 1 aliphatic heterocycles. The monoisotopic (exact) mass is 434 g/mol. The summed E-state index contributed by atoms with van der Waals surface area (Å²) >= 11 is 12.6. The largest absolute Gasteiger partial charge is 0.466 e. The van der Waals surface area contributed by atoms with Gasteiger partial charge in [0.05, 0.1) is 35.7 Å². The normalized spacial score (nSPS) is 19.6. The predicted molar refractivity (Wildman–Crippen MR) is 113 cm³/mol. The zero-order valence-corrected chi connectivity index (χ0v) is 17.7. The number of alkyl halides is 1. The molecular formula is C22H21Cl2FN2O2. The predicted octanol–water partition coefficient (Wildman–Crippen LogP) is 5.54. The third-order valence-corrected chi connectivity index (χ3v) is 5.71. The number of benzene rings is 1. The summed E-state index contributed by atoms with van der Waals surface area (Å²) < 4.78 is 18.8. The van der Waals surface area contributed by atoms with Gasteiger partial charge in [0, 0.05) is 17.1 Å². The Morgan fingerprint density at radius 2 is 2.10 bits per heavy atom. The Balaban J connectivity index is 2.24. The summed E-state index contributed by atoms with van der Waals surface area (Å²) in [6.07, 6.45) is 3.00. The molecule has 4 nitrogen and oxygen atoms in total. The second kappa shape index (κ2) is 9.51. The van der Waals surface area contributed by atoms with Crippen molar-refractivity contribution in [2.75, 3.05) is 13.0 Å². The number of hydrogen-bond acceptors (Lipinski definition) is 4. The van der Waals surface area contributed by atoms with Gasteiger partial charge >= 0.3 is 5.97 Å². The van der Waals surface area contributed by atoms with E-state index in [2.05, 4.69) is 4.98 Å². The fourth-order valence-corrected chi connectivity index (χ4v) is 4.23. The number of aliphatic imine (C=N–C) groups is 1. The molecule has 2 heterocycles. The maximum absolute atomic E-state index is 13.7. The summed E-state index contributed by atoms with van der Waals surface area (Å²) in [7, 11) is 1.32. The molecule has 7 heteroatoms. The van der Waals surface area contributed by atoms with Gasteiger partial charge in [0.2, 0.25) is 0 Å².